The Balaban J connectivity index is 1.82. The van der Waals surface area contributed by atoms with Gasteiger partial charge >= 0.3 is 0 Å². The molecule has 0 saturated carbocycles. The standard InChI is InChI=1S/C16H18N2/c1-17-15-6-8-16(9-7-15)18-11-10-13-4-2-3-5-14(13)12-18/h2-9,17H,10-12H2,1H3. The molecule has 2 nitrogen and oxygen atoms in total. The van der Waals surface area contributed by atoms with E-state index in [1.165, 1.54) is 16.8 Å². The number of hydrogen-bond donors (Lipinski definition) is 1. The van der Waals surface area contributed by atoms with Crippen LogP contribution in [0.5, 0.6) is 0 Å². The van der Waals surface area contributed by atoms with E-state index in [9.17, 15) is 0 Å². The summed E-state index contributed by atoms with van der Waals surface area (Å²) >= 11 is 0. The quantitative estimate of drug-likeness (QED) is 0.863. The molecule has 1 N–H and O–H groups in total. The molecule has 0 radical (unpaired) electrons. The molecule has 2 aromatic carbocycles. The Labute approximate surface area is 108 Å². The van der Waals surface area contributed by atoms with Crippen molar-refractivity contribution in [1.29, 1.82) is 0 Å². The van der Waals surface area contributed by atoms with Gasteiger partial charge in [0.15, 0.2) is 0 Å². The molecule has 0 saturated heterocycles. The Kier molecular flexibility index (Phi) is 2.93. The normalized spacial score (nSPS) is 14.2. The maximum atomic E-state index is 3.15. The highest BCUT2D eigenvalue weighted by Gasteiger charge is 2.15. The van der Waals surface area contributed by atoms with E-state index in [1.54, 1.807) is 0 Å². The molecule has 0 bridgehead atoms. The largest absolute Gasteiger partial charge is 0.388 e. The minimum Gasteiger partial charge on any atom is -0.388 e. The zero-order valence-electron chi connectivity index (χ0n) is 10.7. The van der Waals surface area contributed by atoms with E-state index >= 15 is 0 Å². The summed E-state index contributed by atoms with van der Waals surface area (Å²) in [7, 11) is 1.95. The van der Waals surface area contributed by atoms with Gasteiger partial charge in [-0.1, -0.05) is 24.3 Å². The van der Waals surface area contributed by atoms with E-state index in [1.807, 2.05) is 7.05 Å². The highest BCUT2D eigenvalue weighted by atomic mass is 15.1. The van der Waals surface area contributed by atoms with Gasteiger partial charge in [0.2, 0.25) is 0 Å². The molecule has 0 fully saturated rings. The van der Waals surface area contributed by atoms with Gasteiger partial charge < -0.3 is 10.2 Å². The molecule has 1 heterocycles. The van der Waals surface area contributed by atoms with Crippen LogP contribution in [0.1, 0.15) is 11.1 Å². The molecule has 2 heteroatoms. The van der Waals surface area contributed by atoms with E-state index in [-0.39, 0.29) is 0 Å². The number of nitrogens with zero attached hydrogens (tertiary/aromatic N) is 1. The fourth-order valence-electron chi connectivity index (χ4n) is 2.56. The van der Waals surface area contributed by atoms with Crippen LogP contribution in [0.15, 0.2) is 48.5 Å². The number of benzene rings is 2. The van der Waals surface area contributed by atoms with Crippen LogP contribution in [0.25, 0.3) is 0 Å². The smallest absolute Gasteiger partial charge is 0.0432 e. The highest BCUT2D eigenvalue weighted by Crippen LogP contribution is 2.25. The SMILES string of the molecule is CNc1ccc(N2CCc3ccccc3C2)cc1. The van der Waals surface area contributed by atoms with Gasteiger partial charge in [-0.2, -0.15) is 0 Å². The molecule has 2 aromatic rings. The average molecular weight is 238 g/mol. The fourth-order valence-corrected chi connectivity index (χ4v) is 2.56. The molecule has 92 valence electrons. The van der Waals surface area contributed by atoms with Crippen LogP contribution in [0, 0.1) is 0 Å². The summed E-state index contributed by atoms with van der Waals surface area (Å²) in [5.41, 5.74) is 5.43. The van der Waals surface area contributed by atoms with Crippen LogP contribution in [0.2, 0.25) is 0 Å². The van der Waals surface area contributed by atoms with Crippen LogP contribution in [-0.2, 0) is 13.0 Å². The fraction of sp³-hybridized carbons (Fsp3) is 0.250. The molecule has 0 amide bonds. The molecular weight excluding hydrogens is 220 g/mol. The monoisotopic (exact) mass is 238 g/mol. The van der Waals surface area contributed by atoms with E-state index in [0.717, 1.165) is 25.2 Å². The Morgan fingerprint density at radius 3 is 2.39 bits per heavy atom. The minimum absolute atomic E-state index is 1.02. The summed E-state index contributed by atoms with van der Waals surface area (Å²) in [6, 6.07) is 17.4. The number of anilines is 2. The first-order valence-corrected chi connectivity index (χ1v) is 6.46. The van der Waals surface area contributed by atoms with E-state index in [2.05, 4.69) is 58.7 Å². The van der Waals surface area contributed by atoms with Crippen molar-refractivity contribution in [1.82, 2.24) is 0 Å². The first-order valence-electron chi connectivity index (χ1n) is 6.46. The summed E-state index contributed by atoms with van der Waals surface area (Å²) in [6.45, 7) is 2.13. The second-order valence-electron chi connectivity index (χ2n) is 4.74. The molecule has 18 heavy (non-hydrogen) atoms. The van der Waals surface area contributed by atoms with Crippen LogP contribution in [0.4, 0.5) is 11.4 Å². The molecule has 0 aromatic heterocycles. The maximum Gasteiger partial charge on any atom is 0.0432 e. The van der Waals surface area contributed by atoms with E-state index in [4.69, 9.17) is 0 Å². The van der Waals surface area contributed by atoms with Crippen molar-refractivity contribution in [3.8, 4) is 0 Å². The maximum absolute atomic E-state index is 3.15. The van der Waals surface area contributed by atoms with Crippen molar-refractivity contribution in [3.63, 3.8) is 0 Å². The third-order valence-corrected chi connectivity index (χ3v) is 3.65. The van der Waals surface area contributed by atoms with Crippen molar-refractivity contribution >= 4 is 11.4 Å². The van der Waals surface area contributed by atoms with Crippen LogP contribution < -0.4 is 10.2 Å². The minimum atomic E-state index is 1.02. The van der Waals surface area contributed by atoms with Crippen LogP contribution >= 0.6 is 0 Å². The van der Waals surface area contributed by atoms with Gasteiger partial charge in [-0.15, -0.1) is 0 Å². The molecule has 3 rings (SSSR count). The van der Waals surface area contributed by atoms with Gasteiger partial charge in [0.05, 0.1) is 0 Å². The Bertz CT molecular complexity index is 531. The van der Waals surface area contributed by atoms with Gasteiger partial charge in [-0.25, -0.2) is 0 Å². The Morgan fingerprint density at radius 1 is 0.944 bits per heavy atom. The molecule has 0 atom stereocenters. The summed E-state index contributed by atoms with van der Waals surface area (Å²) in [5.74, 6) is 0. The predicted octanol–water partition coefficient (Wildman–Crippen LogP) is 3.29. The van der Waals surface area contributed by atoms with Crippen molar-refractivity contribution in [2.45, 2.75) is 13.0 Å². The van der Waals surface area contributed by atoms with Crippen molar-refractivity contribution in [2.24, 2.45) is 0 Å². The second kappa shape index (κ2) is 4.73. The van der Waals surface area contributed by atoms with Crippen LogP contribution in [0.3, 0.4) is 0 Å². The lowest BCUT2D eigenvalue weighted by molar-refractivity contribution is 0.732. The van der Waals surface area contributed by atoms with E-state index in [0.29, 0.717) is 0 Å². The third kappa shape index (κ3) is 2.06. The zero-order valence-corrected chi connectivity index (χ0v) is 10.7. The van der Waals surface area contributed by atoms with Crippen molar-refractivity contribution < 1.29 is 0 Å². The highest BCUT2D eigenvalue weighted by molar-refractivity contribution is 5.56. The Hall–Kier alpha value is -1.96. The van der Waals surface area contributed by atoms with Gasteiger partial charge in [0.25, 0.3) is 0 Å². The summed E-state index contributed by atoms with van der Waals surface area (Å²) in [5, 5.41) is 3.15. The second-order valence-corrected chi connectivity index (χ2v) is 4.74. The first kappa shape index (κ1) is 11.1. The molecular formula is C16H18N2. The van der Waals surface area contributed by atoms with Crippen molar-refractivity contribution in [3.05, 3.63) is 59.7 Å². The lowest BCUT2D eigenvalue weighted by atomic mass is 9.99. The first-order chi connectivity index (χ1) is 8.86. The lowest BCUT2D eigenvalue weighted by Gasteiger charge is -2.30. The Morgan fingerprint density at radius 2 is 1.67 bits per heavy atom. The number of hydrogen-bond acceptors (Lipinski definition) is 2. The molecule has 1 aliphatic heterocycles. The van der Waals surface area contributed by atoms with Gasteiger partial charge in [-0.3, -0.25) is 0 Å². The summed E-state index contributed by atoms with van der Waals surface area (Å²) in [4.78, 5) is 2.45. The molecule has 0 unspecified atom stereocenters. The molecule has 0 spiro atoms. The third-order valence-electron chi connectivity index (χ3n) is 3.65. The summed E-state index contributed by atoms with van der Waals surface area (Å²) in [6.07, 6.45) is 1.14. The predicted molar refractivity (Wildman–Crippen MR) is 77.2 cm³/mol. The van der Waals surface area contributed by atoms with Gasteiger partial charge in [-0.05, 0) is 41.8 Å². The average Bonchev–Trinajstić information content (AvgIpc) is 2.47. The lowest BCUT2D eigenvalue weighted by Crippen LogP contribution is -2.30. The molecule has 1 aliphatic rings. The molecule has 0 aliphatic carbocycles. The van der Waals surface area contributed by atoms with Gasteiger partial charge in [0.1, 0.15) is 0 Å². The van der Waals surface area contributed by atoms with Crippen molar-refractivity contribution in [2.75, 3.05) is 23.8 Å². The van der Waals surface area contributed by atoms with E-state index < -0.39 is 0 Å². The number of rotatable bonds is 2. The zero-order chi connectivity index (χ0) is 12.4. The number of nitrogens with one attached hydrogen (secondary N) is 1. The topological polar surface area (TPSA) is 15.3 Å². The summed E-state index contributed by atoms with van der Waals surface area (Å²) < 4.78 is 0. The van der Waals surface area contributed by atoms with Gasteiger partial charge in [0, 0.05) is 31.5 Å². The number of fused-ring (bicyclic) bond motifs is 1. The van der Waals surface area contributed by atoms with Crippen LogP contribution in [-0.4, -0.2) is 13.6 Å².